The lowest BCUT2D eigenvalue weighted by atomic mass is 10.2. The Hall–Kier alpha value is -1.06. The fraction of sp³-hybridized carbons (Fsp3) is 0.667. The van der Waals surface area contributed by atoms with E-state index in [1.165, 1.54) is 25.6 Å². The molecule has 1 fully saturated rings. The molecule has 1 aromatic heterocycles. The first-order valence-electron chi connectivity index (χ1n) is 6.48. The van der Waals surface area contributed by atoms with Gasteiger partial charge >= 0.3 is 5.97 Å². The molecule has 0 aromatic carbocycles. The largest absolute Gasteiger partial charge is 0.480 e. The number of rotatable bonds is 4. The Balaban J connectivity index is 2.56. The van der Waals surface area contributed by atoms with Crippen molar-refractivity contribution in [1.29, 1.82) is 0 Å². The van der Waals surface area contributed by atoms with Crippen molar-refractivity contribution in [1.82, 2.24) is 9.46 Å². The zero-order chi connectivity index (χ0) is 15.9. The number of carboxylic acid groups (broad SMARTS) is 1. The highest BCUT2D eigenvalue weighted by atomic mass is 32.2. The van der Waals surface area contributed by atoms with Gasteiger partial charge < -0.3 is 9.63 Å². The lowest BCUT2D eigenvalue weighted by Gasteiger charge is -2.28. The second kappa shape index (κ2) is 5.62. The van der Waals surface area contributed by atoms with Gasteiger partial charge in [-0.05, 0) is 19.8 Å². The number of thioether (sulfide) groups is 1. The van der Waals surface area contributed by atoms with Gasteiger partial charge in [0.15, 0.2) is 5.76 Å². The number of nitrogens with zero attached hydrogens (tertiary/aromatic N) is 2. The first-order valence-corrected chi connectivity index (χ1v) is 8.97. The fourth-order valence-electron chi connectivity index (χ4n) is 2.43. The summed E-state index contributed by atoms with van der Waals surface area (Å²) in [5.74, 6) is -0.729. The molecule has 2 rings (SSSR count). The Labute approximate surface area is 127 Å². The molecule has 0 saturated carbocycles. The first-order chi connectivity index (χ1) is 9.67. The van der Waals surface area contributed by atoms with Gasteiger partial charge in [-0.15, -0.1) is 11.8 Å². The Morgan fingerprint density at radius 3 is 2.52 bits per heavy atom. The number of carboxylic acids is 1. The van der Waals surface area contributed by atoms with Crippen molar-refractivity contribution in [2.24, 2.45) is 5.92 Å². The number of aromatic nitrogens is 1. The van der Waals surface area contributed by atoms with E-state index in [4.69, 9.17) is 4.52 Å². The predicted octanol–water partition coefficient (Wildman–Crippen LogP) is 1.46. The van der Waals surface area contributed by atoms with Crippen molar-refractivity contribution in [3.63, 3.8) is 0 Å². The fourth-order valence-corrected chi connectivity index (χ4v) is 6.45. The Bertz CT molecular complexity index is 633. The van der Waals surface area contributed by atoms with Crippen LogP contribution in [-0.4, -0.2) is 46.1 Å². The van der Waals surface area contributed by atoms with Crippen LogP contribution >= 0.6 is 11.8 Å². The molecule has 1 aromatic rings. The van der Waals surface area contributed by atoms with Crippen LogP contribution in [0.4, 0.5) is 0 Å². The summed E-state index contributed by atoms with van der Waals surface area (Å²) in [6.07, 6.45) is 0. The number of hydrogen-bond donors (Lipinski definition) is 1. The van der Waals surface area contributed by atoms with Crippen LogP contribution < -0.4 is 0 Å². The summed E-state index contributed by atoms with van der Waals surface area (Å²) >= 11 is 1.35. The van der Waals surface area contributed by atoms with Crippen molar-refractivity contribution >= 4 is 27.8 Å². The van der Waals surface area contributed by atoms with Gasteiger partial charge in [0.25, 0.3) is 0 Å². The minimum atomic E-state index is -3.97. The zero-order valence-electron chi connectivity index (χ0n) is 12.2. The quantitative estimate of drug-likeness (QED) is 0.889. The van der Waals surface area contributed by atoms with E-state index in [9.17, 15) is 18.3 Å². The van der Waals surface area contributed by atoms with E-state index in [2.05, 4.69) is 5.16 Å². The lowest BCUT2D eigenvalue weighted by molar-refractivity contribution is -0.140. The lowest BCUT2D eigenvalue weighted by Crippen LogP contribution is -2.47. The normalized spacial score (nSPS) is 23.9. The van der Waals surface area contributed by atoms with Gasteiger partial charge in [-0.25, -0.2) is 8.42 Å². The maximum Gasteiger partial charge on any atom is 0.322 e. The van der Waals surface area contributed by atoms with E-state index >= 15 is 0 Å². The van der Waals surface area contributed by atoms with Crippen LogP contribution in [0.2, 0.25) is 0 Å². The molecule has 118 valence electrons. The molecule has 7 nitrogen and oxygen atoms in total. The molecule has 2 atom stereocenters. The van der Waals surface area contributed by atoms with Gasteiger partial charge in [-0.1, -0.05) is 19.0 Å². The van der Waals surface area contributed by atoms with Crippen molar-refractivity contribution < 1.29 is 22.8 Å². The minimum Gasteiger partial charge on any atom is -0.480 e. The van der Waals surface area contributed by atoms with Crippen LogP contribution in [0.5, 0.6) is 0 Å². The van der Waals surface area contributed by atoms with Crippen molar-refractivity contribution in [3.8, 4) is 0 Å². The second-order valence-electron chi connectivity index (χ2n) is 5.31. The summed E-state index contributed by atoms with van der Waals surface area (Å²) in [5, 5.41) is 12.6. The first kappa shape index (κ1) is 16.3. The summed E-state index contributed by atoms with van der Waals surface area (Å²) in [6, 6.07) is -1.07. The SMILES string of the molecule is Cc1noc(C)c1S(=O)(=O)N1C(C(=O)O)CSC1C(C)C. The molecule has 1 aliphatic rings. The molecule has 1 N–H and O–H groups in total. The minimum absolute atomic E-state index is 0.00500. The summed E-state index contributed by atoms with van der Waals surface area (Å²) in [6.45, 7) is 6.79. The van der Waals surface area contributed by atoms with Crippen LogP contribution in [0.15, 0.2) is 9.42 Å². The van der Waals surface area contributed by atoms with Crippen LogP contribution in [0.25, 0.3) is 0 Å². The van der Waals surface area contributed by atoms with Crippen molar-refractivity contribution in [2.45, 2.75) is 44.0 Å². The molecule has 0 radical (unpaired) electrons. The monoisotopic (exact) mass is 334 g/mol. The van der Waals surface area contributed by atoms with E-state index in [0.717, 1.165) is 4.31 Å². The van der Waals surface area contributed by atoms with Crippen molar-refractivity contribution in [2.75, 3.05) is 5.75 Å². The number of aryl methyl sites for hydroxylation is 2. The Morgan fingerprint density at radius 1 is 1.48 bits per heavy atom. The highest BCUT2D eigenvalue weighted by Crippen LogP contribution is 2.39. The van der Waals surface area contributed by atoms with Crippen molar-refractivity contribution in [3.05, 3.63) is 11.5 Å². The Kier molecular flexibility index (Phi) is 4.36. The highest BCUT2D eigenvalue weighted by Gasteiger charge is 2.48. The van der Waals surface area contributed by atoms with Gasteiger partial charge in [0.1, 0.15) is 16.6 Å². The van der Waals surface area contributed by atoms with E-state index in [1.807, 2.05) is 13.8 Å². The second-order valence-corrected chi connectivity index (χ2v) is 8.24. The molecule has 2 heterocycles. The maximum atomic E-state index is 12.9. The average molecular weight is 334 g/mol. The van der Waals surface area contributed by atoms with Gasteiger partial charge in [-0.2, -0.15) is 4.31 Å². The summed E-state index contributed by atoms with van der Waals surface area (Å²) < 4.78 is 31.8. The third kappa shape index (κ3) is 2.69. The van der Waals surface area contributed by atoms with Gasteiger partial charge in [-0.3, -0.25) is 4.79 Å². The molecule has 1 aliphatic heterocycles. The summed E-state index contributed by atoms with van der Waals surface area (Å²) in [4.78, 5) is 11.4. The predicted molar refractivity (Wildman–Crippen MR) is 77.5 cm³/mol. The molecule has 0 amide bonds. The Morgan fingerprint density at radius 2 is 2.10 bits per heavy atom. The van der Waals surface area contributed by atoms with E-state index < -0.39 is 27.4 Å². The highest BCUT2D eigenvalue weighted by molar-refractivity contribution is 8.01. The summed E-state index contributed by atoms with van der Waals surface area (Å²) in [5.41, 5.74) is 0.246. The molecule has 21 heavy (non-hydrogen) atoms. The van der Waals surface area contributed by atoms with Crippen LogP contribution in [-0.2, 0) is 14.8 Å². The van der Waals surface area contributed by atoms with Crippen LogP contribution in [0.3, 0.4) is 0 Å². The van der Waals surface area contributed by atoms with Gasteiger partial charge in [0, 0.05) is 5.75 Å². The number of hydrogen-bond acceptors (Lipinski definition) is 6. The topological polar surface area (TPSA) is 101 Å². The molecule has 9 heteroatoms. The molecule has 2 unspecified atom stereocenters. The smallest absolute Gasteiger partial charge is 0.322 e. The standard InChI is InChI=1S/C12H18N2O5S2/c1-6(2)11-14(9(5-20-11)12(15)16)21(17,18)10-7(3)13-19-8(10)4/h6,9,11H,5H2,1-4H3,(H,15,16). The molecular formula is C12H18N2O5S2. The average Bonchev–Trinajstić information content (AvgIpc) is 2.93. The van der Waals surface area contributed by atoms with E-state index in [1.54, 1.807) is 0 Å². The van der Waals surface area contributed by atoms with E-state index in [0.29, 0.717) is 0 Å². The van der Waals surface area contributed by atoms with Gasteiger partial charge in [0.2, 0.25) is 10.0 Å². The molecule has 0 bridgehead atoms. The van der Waals surface area contributed by atoms with Gasteiger partial charge in [0.05, 0.1) is 5.37 Å². The maximum absolute atomic E-state index is 12.9. The number of carbonyl (C=O) groups is 1. The van der Waals surface area contributed by atoms with E-state index in [-0.39, 0.29) is 28.0 Å². The van der Waals surface area contributed by atoms with Crippen LogP contribution in [0.1, 0.15) is 25.3 Å². The molecule has 1 saturated heterocycles. The zero-order valence-corrected chi connectivity index (χ0v) is 13.9. The third-order valence-electron chi connectivity index (χ3n) is 3.34. The molecule has 0 aliphatic carbocycles. The third-order valence-corrected chi connectivity index (χ3v) is 7.23. The van der Waals surface area contributed by atoms with Crippen LogP contribution in [0, 0.1) is 19.8 Å². The number of sulfonamides is 1. The summed E-state index contributed by atoms with van der Waals surface area (Å²) in [7, 11) is -3.97. The number of aliphatic carboxylic acids is 1. The molecule has 0 spiro atoms. The molecular weight excluding hydrogens is 316 g/mol.